The monoisotopic (exact) mass is 422 g/mol. The van der Waals surface area contributed by atoms with Crippen molar-refractivity contribution in [2.75, 3.05) is 56.1 Å². The van der Waals surface area contributed by atoms with Crippen LogP contribution in [-0.4, -0.2) is 61.2 Å². The molecule has 2 aliphatic rings. The molecule has 7 nitrogen and oxygen atoms in total. The predicted octanol–water partition coefficient (Wildman–Crippen LogP) is 1.49. The Labute approximate surface area is 177 Å². The minimum Gasteiger partial charge on any atom is -0.371 e. The first kappa shape index (κ1) is 22.3. The Bertz CT molecular complexity index is 823. The van der Waals surface area contributed by atoms with Crippen LogP contribution >= 0.6 is 0 Å². The number of nitrogens with one attached hydrogen (secondary N) is 2. The summed E-state index contributed by atoms with van der Waals surface area (Å²) < 4.78 is 0. The summed E-state index contributed by atoms with van der Waals surface area (Å²) in [5.41, 5.74) is 2.05. The van der Waals surface area contributed by atoms with E-state index in [2.05, 4.69) is 31.7 Å². The number of rotatable bonds is 2. The molecule has 0 saturated carbocycles. The van der Waals surface area contributed by atoms with E-state index in [4.69, 9.17) is 0 Å². The zero-order valence-corrected chi connectivity index (χ0v) is 17.8. The van der Waals surface area contributed by atoms with E-state index < -0.39 is 0 Å². The molecule has 0 spiro atoms. The van der Waals surface area contributed by atoms with E-state index in [9.17, 15) is 9.59 Å². The van der Waals surface area contributed by atoms with Crippen molar-refractivity contribution in [3.05, 3.63) is 57.4 Å². The maximum Gasteiger partial charge on any atom is 0.249 e. The Morgan fingerprint density at radius 3 is 1.64 bits per heavy atom. The zero-order valence-electron chi connectivity index (χ0n) is 16.4. The third-order valence-electron chi connectivity index (χ3n) is 5.11. The number of nitrogens with zero attached hydrogens (tertiary/aromatic N) is 3. The normalized spacial score (nSPS) is 17.3. The fraction of sp³-hybridized carbons (Fsp3) is 0.500. The molecule has 0 atom stereocenters. The summed E-state index contributed by atoms with van der Waals surface area (Å²) in [7, 11) is 2.12. The van der Waals surface area contributed by atoms with E-state index in [1.807, 2.05) is 12.1 Å². The number of piperidine rings is 1. The van der Waals surface area contributed by atoms with Gasteiger partial charge in [0.15, 0.2) is 0 Å². The maximum absolute atomic E-state index is 11.1. The third kappa shape index (κ3) is 6.58. The molecule has 0 bridgehead atoms. The summed E-state index contributed by atoms with van der Waals surface area (Å²) in [6, 6.07) is 7.25. The van der Waals surface area contributed by atoms with E-state index >= 15 is 0 Å². The molecule has 2 aromatic heterocycles. The molecular formula is C20H29N5O2V. The summed E-state index contributed by atoms with van der Waals surface area (Å²) in [4.78, 5) is 34.2. The van der Waals surface area contributed by atoms with Gasteiger partial charge in [0.2, 0.25) is 11.1 Å². The van der Waals surface area contributed by atoms with Gasteiger partial charge in [-0.05, 0) is 38.4 Å². The first-order chi connectivity index (χ1) is 13.1. The van der Waals surface area contributed by atoms with E-state index in [0.29, 0.717) is 0 Å². The number of likely N-dealkylation sites (N-methyl/N-ethyl adjacent to an activating group) is 1. The van der Waals surface area contributed by atoms with Gasteiger partial charge in [-0.2, -0.15) is 0 Å². The predicted molar refractivity (Wildman–Crippen MR) is 110 cm³/mol. The minimum atomic E-state index is -0.0265. The SMILES string of the molecule is CN1CCN(c2cc[nH]c(=O)c2)CC1.O=c1cc(N2CCCCC2)cc[nH]1.[V]. The van der Waals surface area contributed by atoms with Crippen molar-refractivity contribution in [3.8, 4) is 0 Å². The fourth-order valence-corrected chi connectivity index (χ4v) is 3.48. The maximum atomic E-state index is 11.1. The fourth-order valence-electron chi connectivity index (χ4n) is 3.48. The molecule has 2 fully saturated rings. The van der Waals surface area contributed by atoms with Crippen LogP contribution in [0.4, 0.5) is 11.4 Å². The van der Waals surface area contributed by atoms with Gasteiger partial charge in [0.25, 0.3) is 0 Å². The molecule has 28 heavy (non-hydrogen) atoms. The Balaban J connectivity index is 0.000000194. The summed E-state index contributed by atoms with van der Waals surface area (Å²) in [5.74, 6) is 0. The molecular weight excluding hydrogens is 393 g/mol. The van der Waals surface area contributed by atoms with Gasteiger partial charge < -0.3 is 24.7 Å². The number of anilines is 2. The largest absolute Gasteiger partial charge is 0.371 e. The van der Waals surface area contributed by atoms with Crippen molar-refractivity contribution in [3.63, 3.8) is 0 Å². The van der Waals surface area contributed by atoms with Gasteiger partial charge in [-0.15, -0.1) is 0 Å². The standard InChI is InChI=1S/C10H15N3O.C10H14N2O.V/c1-12-4-6-13(7-5-12)9-2-3-11-10(14)8-9;13-10-8-9(4-5-11-10)12-6-2-1-3-7-12;/h2-3,8H,4-7H2,1H3,(H,11,14);4-5,8H,1-3,6-7H2,(H,11,13);. The quantitative estimate of drug-likeness (QED) is 0.767. The van der Waals surface area contributed by atoms with Crippen LogP contribution in [-0.2, 0) is 18.6 Å². The van der Waals surface area contributed by atoms with Gasteiger partial charge in [0, 0.05) is 93.7 Å². The van der Waals surface area contributed by atoms with E-state index in [-0.39, 0.29) is 29.7 Å². The number of aromatic amines is 2. The van der Waals surface area contributed by atoms with Crippen molar-refractivity contribution < 1.29 is 18.6 Å². The van der Waals surface area contributed by atoms with Crippen LogP contribution in [0.1, 0.15) is 19.3 Å². The zero-order chi connectivity index (χ0) is 19.1. The van der Waals surface area contributed by atoms with Gasteiger partial charge in [0.05, 0.1) is 0 Å². The molecule has 4 rings (SSSR count). The molecule has 0 aliphatic carbocycles. The van der Waals surface area contributed by atoms with Crippen LogP contribution in [0.5, 0.6) is 0 Å². The molecule has 2 aromatic rings. The molecule has 0 amide bonds. The van der Waals surface area contributed by atoms with Gasteiger partial charge in [-0.1, -0.05) is 0 Å². The Morgan fingerprint density at radius 2 is 1.18 bits per heavy atom. The second-order valence-electron chi connectivity index (χ2n) is 7.16. The first-order valence-corrected chi connectivity index (χ1v) is 9.68. The van der Waals surface area contributed by atoms with Crippen LogP contribution in [0, 0.1) is 0 Å². The van der Waals surface area contributed by atoms with Crippen molar-refractivity contribution in [1.29, 1.82) is 0 Å². The Kier molecular flexibility index (Phi) is 8.89. The average Bonchev–Trinajstić information content (AvgIpc) is 2.70. The number of pyridine rings is 2. The van der Waals surface area contributed by atoms with Crippen molar-refractivity contribution in [2.45, 2.75) is 19.3 Å². The molecule has 151 valence electrons. The third-order valence-corrected chi connectivity index (χ3v) is 5.11. The van der Waals surface area contributed by atoms with E-state index in [1.54, 1.807) is 24.5 Å². The minimum absolute atomic E-state index is 0. The van der Waals surface area contributed by atoms with Crippen LogP contribution < -0.4 is 20.9 Å². The summed E-state index contributed by atoms with van der Waals surface area (Å²) in [6.45, 7) is 6.30. The summed E-state index contributed by atoms with van der Waals surface area (Å²) in [5, 5.41) is 0. The first-order valence-electron chi connectivity index (χ1n) is 9.68. The summed E-state index contributed by atoms with van der Waals surface area (Å²) in [6.07, 6.45) is 7.22. The van der Waals surface area contributed by atoms with Crippen LogP contribution in [0.15, 0.2) is 46.2 Å². The number of aromatic nitrogens is 2. The number of hydrogen-bond acceptors (Lipinski definition) is 5. The van der Waals surface area contributed by atoms with Crippen molar-refractivity contribution in [2.24, 2.45) is 0 Å². The number of H-pyrrole nitrogens is 2. The van der Waals surface area contributed by atoms with E-state index in [0.717, 1.165) is 50.6 Å². The molecule has 2 N–H and O–H groups in total. The Hall–Kier alpha value is -1.96. The second kappa shape index (κ2) is 11.1. The van der Waals surface area contributed by atoms with Gasteiger partial charge in [-0.3, -0.25) is 9.59 Å². The van der Waals surface area contributed by atoms with Crippen LogP contribution in [0.25, 0.3) is 0 Å². The summed E-state index contributed by atoms with van der Waals surface area (Å²) >= 11 is 0. The molecule has 4 heterocycles. The molecule has 0 unspecified atom stereocenters. The smallest absolute Gasteiger partial charge is 0.249 e. The van der Waals surface area contributed by atoms with Gasteiger partial charge in [-0.25, -0.2) is 0 Å². The van der Waals surface area contributed by atoms with Crippen LogP contribution in [0.3, 0.4) is 0 Å². The van der Waals surface area contributed by atoms with Gasteiger partial charge in [0.1, 0.15) is 0 Å². The topological polar surface area (TPSA) is 75.4 Å². The van der Waals surface area contributed by atoms with Crippen molar-refractivity contribution in [1.82, 2.24) is 14.9 Å². The molecule has 1 radical (unpaired) electrons. The molecule has 2 saturated heterocycles. The van der Waals surface area contributed by atoms with Crippen molar-refractivity contribution >= 4 is 11.4 Å². The van der Waals surface area contributed by atoms with E-state index in [1.165, 1.54) is 19.3 Å². The molecule has 2 aliphatic heterocycles. The van der Waals surface area contributed by atoms with Crippen LogP contribution in [0.2, 0.25) is 0 Å². The second-order valence-corrected chi connectivity index (χ2v) is 7.16. The molecule has 8 heteroatoms. The number of hydrogen-bond donors (Lipinski definition) is 2. The Morgan fingerprint density at radius 1 is 0.714 bits per heavy atom. The molecule has 0 aromatic carbocycles. The number of piperazine rings is 1. The van der Waals surface area contributed by atoms with Gasteiger partial charge >= 0.3 is 0 Å². The average molecular weight is 422 g/mol.